The van der Waals surface area contributed by atoms with Crippen molar-refractivity contribution in [3.63, 3.8) is 0 Å². The molecule has 0 amide bonds. The summed E-state index contributed by atoms with van der Waals surface area (Å²) >= 11 is 0. The molecular formula is C14H22N2O. The number of ketones is 1. The first kappa shape index (κ1) is 12.3. The highest BCUT2D eigenvalue weighted by molar-refractivity contribution is 5.82. The predicted octanol–water partition coefficient (Wildman–Crippen LogP) is 2.82. The molecule has 0 spiro atoms. The van der Waals surface area contributed by atoms with Gasteiger partial charge in [0.2, 0.25) is 0 Å². The van der Waals surface area contributed by atoms with Crippen LogP contribution in [0.4, 0.5) is 0 Å². The third-order valence-electron chi connectivity index (χ3n) is 4.01. The van der Waals surface area contributed by atoms with Crippen LogP contribution in [0.1, 0.15) is 49.6 Å². The second-order valence-electron chi connectivity index (χ2n) is 5.07. The van der Waals surface area contributed by atoms with Crippen molar-refractivity contribution in [1.29, 1.82) is 0 Å². The number of hydrogen-bond acceptors (Lipinski definition) is 2. The second kappa shape index (κ2) is 5.03. The SMILES string of the molecule is CCc1c(C)nn(CCC2CCCC2=O)c1C. The van der Waals surface area contributed by atoms with E-state index in [4.69, 9.17) is 0 Å². The summed E-state index contributed by atoms with van der Waals surface area (Å²) in [7, 11) is 0. The fraction of sp³-hybridized carbons (Fsp3) is 0.714. The monoisotopic (exact) mass is 234 g/mol. The van der Waals surface area contributed by atoms with Crippen LogP contribution in [0.5, 0.6) is 0 Å². The Morgan fingerprint density at radius 1 is 1.41 bits per heavy atom. The lowest BCUT2D eigenvalue weighted by Gasteiger charge is -2.09. The zero-order chi connectivity index (χ0) is 12.4. The van der Waals surface area contributed by atoms with Crippen LogP contribution in [0.3, 0.4) is 0 Å². The van der Waals surface area contributed by atoms with Gasteiger partial charge >= 0.3 is 0 Å². The highest BCUT2D eigenvalue weighted by atomic mass is 16.1. The Bertz CT molecular complexity index is 420. The molecule has 1 aromatic heterocycles. The number of Topliss-reactive ketones (excluding diaryl/α,β-unsaturated/α-hetero) is 1. The molecule has 1 saturated carbocycles. The van der Waals surface area contributed by atoms with E-state index in [2.05, 4.69) is 30.6 Å². The second-order valence-corrected chi connectivity index (χ2v) is 5.07. The van der Waals surface area contributed by atoms with E-state index in [1.807, 2.05) is 0 Å². The highest BCUT2D eigenvalue weighted by Gasteiger charge is 2.24. The van der Waals surface area contributed by atoms with Crippen LogP contribution in [0.15, 0.2) is 0 Å². The third kappa shape index (κ3) is 2.43. The van der Waals surface area contributed by atoms with E-state index in [1.165, 1.54) is 11.3 Å². The number of aromatic nitrogens is 2. The molecule has 1 aromatic rings. The lowest BCUT2D eigenvalue weighted by molar-refractivity contribution is -0.120. The molecule has 3 nitrogen and oxygen atoms in total. The molecule has 1 unspecified atom stereocenters. The first-order valence-corrected chi connectivity index (χ1v) is 6.69. The molecule has 1 aliphatic carbocycles. The van der Waals surface area contributed by atoms with Crippen molar-refractivity contribution < 1.29 is 4.79 Å². The molecule has 1 atom stereocenters. The maximum absolute atomic E-state index is 11.6. The van der Waals surface area contributed by atoms with Crippen molar-refractivity contribution in [2.24, 2.45) is 5.92 Å². The standard InChI is InChI=1S/C14H22N2O/c1-4-13-10(2)15-16(11(13)3)9-8-12-6-5-7-14(12)17/h12H,4-9H2,1-3H3. The molecule has 0 aliphatic heterocycles. The topological polar surface area (TPSA) is 34.9 Å². The minimum atomic E-state index is 0.295. The fourth-order valence-electron chi connectivity index (χ4n) is 2.93. The molecule has 3 heteroatoms. The average molecular weight is 234 g/mol. The molecule has 94 valence electrons. The van der Waals surface area contributed by atoms with Crippen LogP contribution < -0.4 is 0 Å². The zero-order valence-corrected chi connectivity index (χ0v) is 11.1. The van der Waals surface area contributed by atoms with Gasteiger partial charge in [0.25, 0.3) is 0 Å². The molecule has 0 saturated heterocycles. The minimum Gasteiger partial charge on any atom is -0.299 e. The van der Waals surface area contributed by atoms with Crippen molar-refractivity contribution in [3.05, 3.63) is 17.0 Å². The number of carbonyl (C=O) groups excluding carboxylic acids is 1. The van der Waals surface area contributed by atoms with E-state index in [1.54, 1.807) is 0 Å². The summed E-state index contributed by atoms with van der Waals surface area (Å²) in [5.74, 6) is 0.756. The summed E-state index contributed by atoms with van der Waals surface area (Å²) in [6.45, 7) is 7.27. The quantitative estimate of drug-likeness (QED) is 0.803. The summed E-state index contributed by atoms with van der Waals surface area (Å²) in [5, 5.41) is 4.57. The van der Waals surface area contributed by atoms with E-state index in [-0.39, 0.29) is 0 Å². The molecule has 0 radical (unpaired) electrons. The summed E-state index contributed by atoms with van der Waals surface area (Å²) in [6, 6.07) is 0. The van der Waals surface area contributed by atoms with Crippen molar-refractivity contribution >= 4 is 5.78 Å². The molecule has 0 bridgehead atoms. The zero-order valence-electron chi connectivity index (χ0n) is 11.1. The molecule has 1 heterocycles. The molecular weight excluding hydrogens is 212 g/mol. The van der Waals surface area contributed by atoms with Crippen molar-refractivity contribution in [2.45, 2.75) is 59.4 Å². The van der Waals surface area contributed by atoms with E-state index in [0.29, 0.717) is 11.7 Å². The fourth-order valence-corrected chi connectivity index (χ4v) is 2.93. The van der Waals surface area contributed by atoms with Crippen LogP contribution in [-0.4, -0.2) is 15.6 Å². The van der Waals surface area contributed by atoms with Crippen LogP contribution in [-0.2, 0) is 17.8 Å². The van der Waals surface area contributed by atoms with Crippen molar-refractivity contribution in [2.75, 3.05) is 0 Å². The van der Waals surface area contributed by atoms with Gasteiger partial charge in [-0.25, -0.2) is 0 Å². The van der Waals surface area contributed by atoms with E-state index >= 15 is 0 Å². The normalized spacial score (nSPS) is 20.2. The highest BCUT2D eigenvalue weighted by Crippen LogP contribution is 2.25. The van der Waals surface area contributed by atoms with E-state index < -0.39 is 0 Å². The van der Waals surface area contributed by atoms with Gasteiger partial charge in [-0.15, -0.1) is 0 Å². The molecule has 17 heavy (non-hydrogen) atoms. The third-order valence-corrected chi connectivity index (χ3v) is 4.01. The lowest BCUT2D eigenvalue weighted by atomic mass is 10.0. The summed E-state index contributed by atoms with van der Waals surface area (Å²) < 4.78 is 2.08. The van der Waals surface area contributed by atoms with Gasteiger partial charge in [0.05, 0.1) is 5.69 Å². The Labute approximate surface area is 103 Å². The average Bonchev–Trinajstić information content (AvgIpc) is 2.81. The number of carbonyl (C=O) groups is 1. The van der Waals surface area contributed by atoms with Crippen LogP contribution in [0, 0.1) is 19.8 Å². The molecule has 0 N–H and O–H groups in total. The summed E-state index contributed by atoms with van der Waals surface area (Å²) in [4.78, 5) is 11.6. The number of nitrogens with zero attached hydrogens (tertiary/aromatic N) is 2. The lowest BCUT2D eigenvalue weighted by Crippen LogP contribution is -2.12. The molecule has 0 aromatic carbocycles. The number of aryl methyl sites for hydroxylation is 2. The predicted molar refractivity (Wildman–Crippen MR) is 68.0 cm³/mol. The van der Waals surface area contributed by atoms with E-state index in [0.717, 1.165) is 44.3 Å². The van der Waals surface area contributed by atoms with Crippen molar-refractivity contribution in [1.82, 2.24) is 9.78 Å². The molecule has 1 fully saturated rings. The van der Waals surface area contributed by atoms with Gasteiger partial charge in [-0.05, 0) is 45.1 Å². The first-order chi connectivity index (χ1) is 8.13. The molecule has 1 aliphatic rings. The van der Waals surface area contributed by atoms with Gasteiger partial charge < -0.3 is 0 Å². The van der Waals surface area contributed by atoms with Crippen molar-refractivity contribution in [3.8, 4) is 0 Å². The Kier molecular flexibility index (Phi) is 3.65. The first-order valence-electron chi connectivity index (χ1n) is 6.69. The Hall–Kier alpha value is -1.12. The smallest absolute Gasteiger partial charge is 0.136 e. The van der Waals surface area contributed by atoms with Crippen LogP contribution in [0.2, 0.25) is 0 Å². The van der Waals surface area contributed by atoms with Crippen LogP contribution in [0.25, 0.3) is 0 Å². The summed E-state index contributed by atoms with van der Waals surface area (Å²) in [5.41, 5.74) is 3.78. The van der Waals surface area contributed by atoms with Crippen LogP contribution >= 0.6 is 0 Å². The van der Waals surface area contributed by atoms with Gasteiger partial charge in [-0.3, -0.25) is 9.48 Å². The largest absolute Gasteiger partial charge is 0.299 e. The summed E-state index contributed by atoms with van der Waals surface area (Å²) in [6.07, 6.45) is 4.96. The van der Waals surface area contributed by atoms with Gasteiger partial charge in [-0.2, -0.15) is 5.10 Å². The molecule has 2 rings (SSSR count). The number of rotatable bonds is 4. The van der Waals surface area contributed by atoms with E-state index in [9.17, 15) is 4.79 Å². The van der Waals surface area contributed by atoms with Gasteiger partial charge in [-0.1, -0.05) is 6.92 Å². The van der Waals surface area contributed by atoms with Gasteiger partial charge in [0.1, 0.15) is 5.78 Å². The van der Waals surface area contributed by atoms with Gasteiger partial charge in [0.15, 0.2) is 0 Å². The Balaban J connectivity index is 2.01. The maximum atomic E-state index is 11.6. The minimum absolute atomic E-state index is 0.295. The Morgan fingerprint density at radius 2 is 2.18 bits per heavy atom. The number of hydrogen-bond donors (Lipinski definition) is 0. The maximum Gasteiger partial charge on any atom is 0.136 e. The Morgan fingerprint density at radius 3 is 2.71 bits per heavy atom. The van der Waals surface area contributed by atoms with Gasteiger partial charge in [0, 0.05) is 24.6 Å².